The summed E-state index contributed by atoms with van der Waals surface area (Å²) in [6, 6.07) is 7.82. The fraction of sp³-hybridized carbons (Fsp3) is 0.529. The monoisotopic (exact) mass is 334 g/mol. The number of ether oxygens (including phenoxy) is 2. The van der Waals surface area contributed by atoms with Gasteiger partial charge in [0.1, 0.15) is 0 Å². The van der Waals surface area contributed by atoms with Gasteiger partial charge in [-0.15, -0.1) is 0 Å². The molecule has 0 aliphatic rings. The minimum absolute atomic E-state index is 0.159. The van der Waals surface area contributed by atoms with E-state index in [1.165, 1.54) is 0 Å². The van der Waals surface area contributed by atoms with Crippen LogP contribution in [0.2, 0.25) is 0 Å². The Balaban J connectivity index is 2.13. The van der Waals surface area contributed by atoms with Gasteiger partial charge in [0.15, 0.2) is 0 Å². The number of para-hydroxylation sites is 2. The van der Waals surface area contributed by atoms with Crippen LogP contribution in [0.1, 0.15) is 19.8 Å². The maximum Gasteiger partial charge on any atom is 0.229 e. The van der Waals surface area contributed by atoms with Crippen molar-refractivity contribution in [2.75, 3.05) is 32.2 Å². The molecule has 1 amide bonds. The van der Waals surface area contributed by atoms with Crippen molar-refractivity contribution in [3.05, 3.63) is 24.3 Å². The van der Waals surface area contributed by atoms with Gasteiger partial charge in [-0.3, -0.25) is 10.1 Å². The normalized spacial score (nSPS) is 12.5. The number of nitrogens with zero attached hydrogens (tertiary/aromatic N) is 2. The predicted molar refractivity (Wildman–Crippen MR) is 93.9 cm³/mol. The molecule has 0 bridgehead atoms. The van der Waals surface area contributed by atoms with Gasteiger partial charge in [-0.25, -0.2) is 4.98 Å². The molecule has 7 nitrogen and oxygen atoms in total. The van der Waals surface area contributed by atoms with Crippen molar-refractivity contribution in [1.82, 2.24) is 9.55 Å². The van der Waals surface area contributed by atoms with Gasteiger partial charge in [0.05, 0.1) is 23.6 Å². The van der Waals surface area contributed by atoms with Gasteiger partial charge in [0.25, 0.3) is 0 Å². The Bertz CT molecular complexity index is 652. The molecule has 2 aromatic rings. The second kappa shape index (κ2) is 9.36. The molecule has 0 fully saturated rings. The Morgan fingerprint density at radius 3 is 2.92 bits per heavy atom. The van der Waals surface area contributed by atoms with Crippen molar-refractivity contribution >= 4 is 22.9 Å². The Morgan fingerprint density at radius 2 is 2.21 bits per heavy atom. The topological polar surface area (TPSA) is 91.4 Å². The SMILES string of the molecule is CCOCCCn1c(NC(=O)CC(CN)OC)nc2ccccc21. The molecule has 1 aromatic carbocycles. The number of nitrogens with one attached hydrogen (secondary N) is 1. The summed E-state index contributed by atoms with van der Waals surface area (Å²) in [4.78, 5) is 16.7. The maximum absolute atomic E-state index is 12.2. The van der Waals surface area contributed by atoms with Gasteiger partial charge in [0, 0.05) is 33.4 Å². The van der Waals surface area contributed by atoms with Crippen LogP contribution in [-0.2, 0) is 20.8 Å². The van der Waals surface area contributed by atoms with E-state index < -0.39 is 0 Å². The lowest BCUT2D eigenvalue weighted by atomic mass is 10.2. The van der Waals surface area contributed by atoms with Crippen molar-refractivity contribution in [1.29, 1.82) is 0 Å². The van der Waals surface area contributed by atoms with E-state index in [0.717, 1.165) is 24.0 Å². The fourth-order valence-electron chi connectivity index (χ4n) is 2.51. The van der Waals surface area contributed by atoms with E-state index in [-0.39, 0.29) is 18.4 Å². The van der Waals surface area contributed by atoms with Gasteiger partial charge >= 0.3 is 0 Å². The summed E-state index contributed by atoms with van der Waals surface area (Å²) in [5, 5.41) is 2.88. The zero-order valence-corrected chi connectivity index (χ0v) is 14.3. The largest absolute Gasteiger partial charge is 0.382 e. The van der Waals surface area contributed by atoms with Gasteiger partial charge < -0.3 is 19.8 Å². The molecule has 7 heteroatoms. The highest BCUT2D eigenvalue weighted by atomic mass is 16.5. The molecule has 1 aromatic heterocycles. The molecule has 0 aliphatic carbocycles. The summed E-state index contributed by atoms with van der Waals surface area (Å²) in [7, 11) is 1.55. The number of benzene rings is 1. The molecular formula is C17H26N4O3. The molecule has 24 heavy (non-hydrogen) atoms. The van der Waals surface area contributed by atoms with Crippen LogP contribution in [-0.4, -0.2) is 48.4 Å². The number of imidazole rings is 1. The van der Waals surface area contributed by atoms with Gasteiger partial charge in [-0.05, 0) is 25.5 Å². The standard InChI is InChI=1S/C17H26N4O3/c1-3-24-10-6-9-21-15-8-5-4-7-14(15)19-17(21)20-16(22)11-13(12-18)23-2/h4-5,7-8,13H,3,6,9-12,18H2,1-2H3,(H,19,20,22). The van der Waals surface area contributed by atoms with Gasteiger partial charge in [-0.2, -0.15) is 0 Å². The Morgan fingerprint density at radius 1 is 1.42 bits per heavy atom. The summed E-state index contributed by atoms with van der Waals surface area (Å²) in [5.74, 6) is 0.387. The zero-order chi connectivity index (χ0) is 17.4. The Labute approximate surface area is 142 Å². The number of hydrogen-bond donors (Lipinski definition) is 2. The van der Waals surface area contributed by atoms with Gasteiger partial charge in [0.2, 0.25) is 11.9 Å². The lowest BCUT2D eigenvalue weighted by molar-refractivity contribution is -0.118. The van der Waals surface area contributed by atoms with Crippen LogP contribution in [0.3, 0.4) is 0 Å². The first-order valence-electron chi connectivity index (χ1n) is 8.25. The quantitative estimate of drug-likeness (QED) is 0.646. The van der Waals surface area contributed by atoms with Crippen LogP contribution >= 0.6 is 0 Å². The number of aromatic nitrogens is 2. The number of hydrogen-bond acceptors (Lipinski definition) is 5. The molecule has 3 N–H and O–H groups in total. The number of amides is 1. The summed E-state index contributed by atoms with van der Waals surface area (Å²) < 4.78 is 12.6. The summed E-state index contributed by atoms with van der Waals surface area (Å²) in [6.07, 6.45) is 0.760. The first kappa shape index (κ1) is 18.4. The van der Waals surface area contributed by atoms with Crippen LogP contribution < -0.4 is 11.1 Å². The number of nitrogens with two attached hydrogens (primary N) is 1. The third kappa shape index (κ3) is 4.77. The molecule has 0 radical (unpaired) electrons. The number of methoxy groups -OCH3 is 1. The summed E-state index contributed by atoms with van der Waals surface area (Å²) >= 11 is 0. The van der Waals surface area contributed by atoms with E-state index in [2.05, 4.69) is 10.3 Å². The molecule has 0 saturated heterocycles. The fourth-order valence-corrected chi connectivity index (χ4v) is 2.51. The molecule has 0 aliphatic heterocycles. The smallest absolute Gasteiger partial charge is 0.229 e. The first-order valence-corrected chi connectivity index (χ1v) is 8.25. The van der Waals surface area contributed by atoms with Crippen LogP contribution in [0.15, 0.2) is 24.3 Å². The number of rotatable bonds is 10. The van der Waals surface area contributed by atoms with E-state index in [1.54, 1.807) is 7.11 Å². The Kier molecular flexibility index (Phi) is 7.17. The van der Waals surface area contributed by atoms with Crippen molar-refractivity contribution < 1.29 is 14.3 Å². The molecular weight excluding hydrogens is 308 g/mol. The first-order chi connectivity index (χ1) is 11.7. The van der Waals surface area contributed by atoms with Crippen molar-refractivity contribution in [3.63, 3.8) is 0 Å². The highest BCUT2D eigenvalue weighted by molar-refractivity contribution is 5.91. The van der Waals surface area contributed by atoms with Crippen molar-refractivity contribution in [2.45, 2.75) is 32.4 Å². The van der Waals surface area contributed by atoms with E-state index in [9.17, 15) is 4.79 Å². The van der Waals surface area contributed by atoms with E-state index in [0.29, 0.717) is 25.7 Å². The lowest BCUT2D eigenvalue weighted by Crippen LogP contribution is -2.28. The van der Waals surface area contributed by atoms with E-state index in [1.807, 2.05) is 35.8 Å². The number of anilines is 1. The molecule has 1 unspecified atom stereocenters. The van der Waals surface area contributed by atoms with Gasteiger partial charge in [-0.1, -0.05) is 12.1 Å². The van der Waals surface area contributed by atoms with E-state index >= 15 is 0 Å². The van der Waals surface area contributed by atoms with Crippen molar-refractivity contribution in [3.8, 4) is 0 Å². The lowest BCUT2D eigenvalue weighted by Gasteiger charge is -2.13. The molecule has 1 atom stereocenters. The second-order valence-corrected chi connectivity index (χ2v) is 5.47. The summed E-state index contributed by atoms with van der Waals surface area (Å²) in [5.41, 5.74) is 7.42. The number of carbonyl (C=O) groups excluding carboxylic acids is 1. The molecule has 0 saturated carbocycles. The average molecular weight is 334 g/mol. The molecule has 1 heterocycles. The molecule has 2 rings (SSSR count). The van der Waals surface area contributed by atoms with Crippen LogP contribution in [0, 0.1) is 0 Å². The van der Waals surface area contributed by atoms with Crippen LogP contribution in [0.25, 0.3) is 11.0 Å². The third-order valence-corrected chi connectivity index (χ3v) is 3.79. The number of aryl methyl sites for hydroxylation is 1. The van der Waals surface area contributed by atoms with Crippen LogP contribution in [0.5, 0.6) is 0 Å². The highest BCUT2D eigenvalue weighted by Crippen LogP contribution is 2.20. The molecule has 0 spiro atoms. The third-order valence-electron chi connectivity index (χ3n) is 3.79. The minimum atomic E-state index is -0.291. The zero-order valence-electron chi connectivity index (χ0n) is 14.3. The highest BCUT2D eigenvalue weighted by Gasteiger charge is 2.16. The van der Waals surface area contributed by atoms with Crippen LogP contribution in [0.4, 0.5) is 5.95 Å². The second-order valence-electron chi connectivity index (χ2n) is 5.47. The number of carbonyl (C=O) groups is 1. The van der Waals surface area contributed by atoms with E-state index in [4.69, 9.17) is 15.2 Å². The summed E-state index contributed by atoms with van der Waals surface area (Å²) in [6.45, 7) is 4.37. The average Bonchev–Trinajstić information content (AvgIpc) is 2.93. The Hall–Kier alpha value is -1.96. The predicted octanol–water partition coefficient (Wildman–Crippen LogP) is 1.77. The molecule has 132 valence electrons. The maximum atomic E-state index is 12.2. The number of fused-ring (bicyclic) bond motifs is 1. The van der Waals surface area contributed by atoms with Crippen molar-refractivity contribution in [2.24, 2.45) is 5.73 Å². The minimum Gasteiger partial charge on any atom is -0.382 e.